The molecule has 4 heteroatoms. The van der Waals surface area contributed by atoms with Crippen molar-refractivity contribution in [2.45, 2.75) is 18.4 Å². The normalized spacial score (nSPS) is 10.2. The van der Waals surface area contributed by atoms with Crippen molar-refractivity contribution in [1.29, 1.82) is 0 Å². The Bertz CT molecular complexity index is 623. The van der Waals surface area contributed by atoms with Crippen molar-refractivity contribution in [3.63, 3.8) is 0 Å². The topological polar surface area (TPSA) is 38.3 Å². The van der Waals surface area contributed by atoms with Crippen molar-refractivity contribution in [3.8, 4) is 0 Å². The average Bonchev–Trinajstić information content (AvgIpc) is 2.53. The van der Waals surface area contributed by atoms with Crippen LogP contribution < -0.4 is 5.32 Å². The molecule has 0 heterocycles. The minimum atomic E-state index is -0.305. The Morgan fingerprint density at radius 2 is 1.90 bits per heavy atom. The van der Waals surface area contributed by atoms with Crippen LogP contribution >= 0.6 is 11.8 Å². The predicted octanol–water partition coefficient (Wildman–Crippen LogP) is 4.12. The zero-order valence-electron chi connectivity index (χ0n) is 12.5. The smallest absolute Gasteiger partial charge is 0.338 e. The molecule has 0 aliphatic carbocycles. The molecule has 0 aromatic heterocycles. The van der Waals surface area contributed by atoms with Crippen molar-refractivity contribution in [1.82, 2.24) is 0 Å². The Labute approximate surface area is 129 Å². The van der Waals surface area contributed by atoms with Crippen molar-refractivity contribution in [2.75, 3.05) is 18.7 Å². The van der Waals surface area contributed by atoms with Crippen LogP contribution in [-0.4, -0.2) is 19.3 Å². The quantitative estimate of drug-likeness (QED) is 0.666. The summed E-state index contributed by atoms with van der Waals surface area (Å²) in [7, 11) is 1.40. The van der Waals surface area contributed by atoms with Gasteiger partial charge in [-0.2, -0.15) is 0 Å². The van der Waals surface area contributed by atoms with Gasteiger partial charge in [-0.3, -0.25) is 0 Å². The first kappa shape index (κ1) is 15.4. The number of carbonyl (C=O) groups excluding carboxylic acids is 1. The molecule has 0 saturated carbocycles. The Hall–Kier alpha value is -1.94. The van der Waals surface area contributed by atoms with E-state index in [-0.39, 0.29) is 5.97 Å². The number of ether oxygens (including phenoxy) is 1. The number of rotatable bonds is 5. The Balaban J connectivity index is 2.10. The Morgan fingerprint density at radius 3 is 2.52 bits per heavy atom. The molecular weight excluding hydrogens is 282 g/mol. The van der Waals surface area contributed by atoms with Crippen LogP contribution in [0.5, 0.6) is 0 Å². The summed E-state index contributed by atoms with van der Waals surface area (Å²) in [5.41, 5.74) is 3.66. The van der Waals surface area contributed by atoms with Crippen molar-refractivity contribution >= 4 is 23.4 Å². The molecule has 0 atom stereocenters. The van der Waals surface area contributed by atoms with Gasteiger partial charge in [0, 0.05) is 17.1 Å². The van der Waals surface area contributed by atoms with Crippen LogP contribution in [0.15, 0.2) is 47.4 Å². The number of nitrogens with one attached hydrogen (secondary N) is 1. The number of carbonyl (C=O) groups is 1. The third-order valence-corrected chi connectivity index (χ3v) is 4.12. The maximum atomic E-state index is 11.7. The zero-order chi connectivity index (χ0) is 15.2. The average molecular weight is 301 g/mol. The van der Waals surface area contributed by atoms with E-state index in [4.69, 9.17) is 4.74 Å². The van der Waals surface area contributed by atoms with Crippen molar-refractivity contribution < 1.29 is 9.53 Å². The molecule has 0 amide bonds. The second kappa shape index (κ2) is 7.18. The van der Waals surface area contributed by atoms with E-state index in [0.29, 0.717) is 5.56 Å². The molecule has 0 aliphatic rings. The highest BCUT2D eigenvalue weighted by Gasteiger charge is 2.11. The van der Waals surface area contributed by atoms with E-state index in [1.54, 1.807) is 17.8 Å². The molecule has 3 nitrogen and oxygen atoms in total. The second-order valence-electron chi connectivity index (χ2n) is 4.67. The molecule has 0 radical (unpaired) electrons. The summed E-state index contributed by atoms with van der Waals surface area (Å²) in [6.45, 7) is 2.64. The van der Waals surface area contributed by atoms with Gasteiger partial charge in [0.25, 0.3) is 0 Å². The molecule has 21 heavy (non-hydrogen) atoms. The highest BCUT2D eigenvalue weighted by atomic mass is 32.2. The van der Waals surface area contributed by atoms with Gasteiger partial charge in [-0.05, 0) is 48.6 Å². The monoisotopic (exact) mass is 301 g/mol. The lowest BCUT2D eigenvalue weighted by atomic mass is 10.1. The van der Waals surface area contributed by atoms with Crippen LogP contribution in [-0.2, 0) is 11.3 Å². The fourth-order valence-corrected chi connectivity index (χ4v) is 2.51. The summed E-state index contributed by atoms with van der Waals surface area (Å²) < 4.78 is 4.79. The minimum absolute atomic E-state index is 0.305. The van der Waals surface area contributed by atoms with Crippen LogP contribution in [0, 0.1) is 6.92 Å². The first-order chi connectivity index (χ1) is 10.2. The second-order valence-corrected chi connectivity index (χ2v) is 5.55. The number of anilines is 1. The lowest BCUT2D eigenvalue weighted by Crippen LogP contribution is -2.07. The molecule has 1 N–H and O–H groups in total. The molecule has 110 valence electrons. The van der Waals surface area contributed by atoms with Gasteiger partial charge in [0.15, 0.2) is 0 Å². The third-order valence-electron chi connectivity index (χ3n) is 3.38. The number of thioether (sulfide) groups is 1. The maximum absolute atomic E-state index is 11.7. The van der Waals surface area contributed by atoms with Gasteiger partial charge < -0.3 is 10.1 Å². The standard InChI is InChI=1S/C17H19NO2S/c1-12-15(17(19)20-2)5-4-6-16(12)18-11-13-7-9-14(21-3)10-8-13/h4-10,18H,11H2,1-3H3. The van der Waals surface area contributed by atoms with Crippen LogP contribution in [0.3, 0.4) is 0 Å². The van der Waals surface area contributed by atoms with E-state index in [1.807, 2.05) is 19.1 Å². The summed E-state index contributed by atoms with van der Waals surface area (Å²) in [6.07, 6.45) is 2.06. The van der Waals surface area contributed by atoms with Gasteiger partial charge in [0.1, 0.15) is 0 Å². The molecule has 0 bridgehead atoms. The first-order valence-electron chi connectivity index (χ1n) is 6.70. The van der Waals surface area contributed by atoms with Gasteiger partial charge in [-0.1, -0.05) is 18.2 Å². The van der Waals surface area contributed by atoms with Crippen LogP contribution in [0.1, 0.15) is 21.5 Å². The van der Waals surface area contributed by atoms with E-state index >= 15 is 0 Å². The van der Waals surface area contributed by atoms with Crippen LogP contribution in [0.2, 0.25) is 0 Å². The van der Waals surface area contributed by atoms with Crippen molar-refractivity contribution in [3.05, 3.63) is 59.2 Å². The number of hydrogen-bond donors (Lipinski definition) is 1. The summed E-state index contributed by atoms with van der Waals surface area (Å²) in [6, 6.07) is 14.0. The van der Waals surface area contributed by atoms with Gasteiger partial charge >= 0.3 is 5.97 Å². The highest BCUT2D eigenvalue weighted by Crippen LogP contribution is 2.21. The maximum Gasteiger partial charge on any atom is 0.338 e. The molecule has 0 unspecified atom stereocenters. The summed E-state index contributed by atoms with van der Waals surface area (Å²) in [5, 5.41) is 3.37. The molecule has 0 saturated heterocycles. The van der Waals surface area contributed by atoms with Crippen LogP contribution in [0.4, 0.5) is 5.69 Å². The molecule has 2 aromatic rings. The number of esters is 1. The van der Waals surface area contributed by atoms with Gasteiger partial charge in [0.2, 0.25) is 0 Å². The molecule has 2 aromatic carbocycles. The fraction of sp³-hybridized carbons (Fsp3) is 0.235. The van der Waals surface area contributed by atoms with Gasteiger partial charge in [-0.25, -0.2) is 4.79 Å². The Kier molecular flexibility index (Phi) is 5.28. The Morgan fingerprint density at radius 1 is 1.19 bits per heavy atom. The molecule has 0 fully saturated rings. The summed E-state index contributed by atoms with van der Waals surface area (Å²) in [4.78, 5) is 12.9. The zero-order valence-corrected chi connectivity index (χ0v) is 13.3. The number of methoxy groups -OCH3 is 1. The predicted molar refractivity (Wildman–Crippen MR) is 88.1 cm³/mol. The summed E-state index contributed by atoms with van der Waals surface area (Å²) >= 11 is 1.73. The SMILES string of the molecule is COC(=O)c1cccc(NCc2ccc(SC)cc2)c1C. The number of hydrogen-bond acceptors (Lipinski definition) is 4. The molecule has 2 rings (SSSR count). The molecular formula is C17H19NO2S. The lowest BCUT2D eigenvalue weighted by molar-refractivity contribution is 0.0600. The molecule has 0 aliphatic heterocycles. The van der Waals surface area contributed by atoms with E-state index in [1.165, 1.54) is 17.6 Å². The van der Waals surface area contributed by atoms with E-state index in [0.717, 1.165) is 17.8 Å². The van der Waals surface area contributed by atoms with E-state index < -0.39 is 0 Å². The molecule has 0 spiro atoms. The highest BCUT2D eigenvalue weighted by molar-refractivity contribution is 7.98. The third kappa shape index (κ3) is 3.79. The lowest BCUT2D eigenvalue weighted by Gasteiger charge is -2.12. The number of benzene rings is 2. The van der Waals surface area contributed by atoms with Crippen molar-refractivity contribution in [2.24, 2.45) is 0 Å². The first-order valence-corrected chi connectivity index (χ1v) is 7.93. The summed E-state index contributed by atoms with van der Waals surface area (Å²) in [5.74, 6) is -0.305. The van der Waals surface area contributed by atoms with Gasteiger partial charge in [0.05, 0.1) is 12.7 Å². The van der Waals surface area contributed by atoms with Crippen LogP contribution in [0.25, 0.3) is 0 Å². The van der Waals surface area contributed by atoms with E-state index in [2.05, 4.69) is 35.8 Å². The van der Waals surface area contributed by atoms with E-state index in [9.17, 15) is 4.79 Å². The van der Waals surface area contributed by atoms with Gasteiger partial charge in [-0.15, -0.1) is 11.8 Å². The minimum Gasteiger partial charge on any atom is -0.465 e. The fourth-order valence-electron chi connectivity index (χ4n) is 2.10. The largest absolute Gasteiger partial charge is 0.465 e.